The Bertz CT molecular complexity index is 959. The molecule has 0 spiro atoms. The van der Waals surface area contributed by atoms with Crippen LogP contribution in [-0.4, -0.2) is 22.8 Å². The summed E-state index contributed by atoms with van der Waals surface area (Å²) in [7, 11) is 0. The molecule has 0 saturated heterocycles. The van der Waals surface area contributed by atoms with Gasteiger partial charge in [0.15, 0.2) is 5.58 Å². The number of H-pyrrole nitrogens is 1. The van der Waals surface area contributed by atoms with Gasteiger partial charge in [0.2, 0.25) is 5.91 Å². The van der Waals surface area contributed by atoms with Crippen molar-refractivity contribution in [3.8, 4) is 0 Å². The fourth-order valence-electron chi connectivity index (χ4n) is 2.47. The lowest BCUT2D eigenvalue weighted by atomic mass is 10.1. The molecule has 0 aliphatic carbocycles. The van der Waals surface area contributed by atoms with Gasteiger partial charge in [-0.25, -0.2) is 4.79 Å². The molecule has 1 heterocycles. The summed E-state index contributed by atoms with van der Waals surface area (Å²) in [5.41, 5.74) is 2.01. The van der Waals surface area contributed by atoms with E-state index in [0.717, 1.165) is 0 Å². The van der Waals surface area contributed by atoms with Gasteiger partial charge in [-0.05, 0) is 37.3 Å². The molecule has 3 aromatic rings. The highest BCUT2D eigenvalue weighted by Crippen LogP contribution is 2.16. The summed E-state index contributed by atoms with van der Waals surface area (Å²) < 4.78 is 4.91. The highest BCUT2D eigenvalue weighted by Gasteiger charge is 2.13. The maximum Gasteiger partial charge on any atom is 0.417 e. The van der Waals surface area contributed by atoms with Gasteiger partial charge in [-0.2, -0.15) is 0 Å². The Morgan fingerprint density at radius 3 is 2.68 bits per heavy atom. The largest absolute Gasteiger partial charge is 0.417 e. The van der Waals surface area contributed by atoms with Crippen LogP contribution in [0.1, 0.15) is 23.7 Å². The zero-order valence-corrected chi connectivity index (χ0v) is 13.5. The number of aromatic amines is 1. The summed E-state index contributed by atoms with van der Waals surface area (Å²) in [6.07, 6.45) is 0.124. The number of aromatic nitrogens is 1. The molecule has 0 saturated carbocycles. The van der Waals surface area contributed by atoms with Gasteiger partial charge in [0.05, 0.1) is 5.52 Å². The molecule has 25 heavy (non-hydrogen) atoms. The second kappa shape index (κ2) is 7.04. The summed E-state index contributed by atoms with van der Waals surface area (Å²) in [5.74, 6) is -1.01. The van der Waals surface area contributed by atoms with Crippen molar-refractivity contribution in [3.05, 3.63) is 64.6 Å². The lowest BCUT2D eigenvalue weighted by molar-refractivity contribution is -0.116. The van der Waals surface area contributed by atoms with E-state index < -0.39 is 5.76 Å². The number of hydrogen-bond acceptors (Lipinski definition) is 4. The third-order valence-electron chi connectivity index (χ3n) is 3.61. The molecular weight excluding hydrogens is 322 g/mol. The first-order chi connectivity index (χ1) is 12.0. The van der Waals surface area contributed by atoms with Crippen LogP contribution >= 0.6 is 0 Å². The van der Waals surface area contributed by atoms with Crippen molar-refractivity contribution in [2.75, 3.05) is 5.32 Å². The van der Waals surface area contributed by atoms with E-state index in [0.29, 0.717) is 22.4 Å². The number of benzene rings is 2. The first-order valence-electron chi connectivity index (χ1n) is 7.80. The Balaban J connectivity index is 1.57. The van der Waals surface area contributed by atoms with E-state index in [1.807, 2.05) is 6.07 Å². The predicted octanol–water partition coefficient (Wildman–Crippen LogP) is 2.27. The molecule has 0 aliphatic heterocycles. The first kappa shape index (κ1) is 16.5. The van der Waals surface area contributed by atoms with Crippen LogP contribution in [0.25, 0.3) is 11.1 Å². The number of carbonyl (C=O) groups excluding carboxylic acids is 2. The maximum absolute atomic E-state index is 12.1. The summed E-state index contributed by atoms with van der Waals surface area (Å²) in [5, 5.41) is 5.52. The van der Waals surface area contributed by atoms with E-state index in [1.165, 1.54) is 0 Å². The standard InChI is InChI=1S/C18H17N3O4/c1-11(19-17(23)12-5-3-2-4-6-12)9-16(22)20-13-7-8-15-14(10-13)21-18(24)25-15/h2-8,10-11H,9H2,1H3,(H,19,23)(H,20,22)(H,21,24). The Labute approximate surface area is 143 Å². The Hall–Kier alpha value is -3.35. The average Bonchev–Trinajstić information content (AvgIpc) is 2.94. The molecule has 2 amide bonds. The number of carbonyl (C=O) groups is 2. The van der Waals surface area contributed by atoms with Crippen LogP contribution in [-0.2, 0) is 4.79 Å². The summed E-state index contributed by atoms with van der Waals surface area (Å²) in [4.78, 5) is 37.8. The Morgan fingerprint density at radius 1 is 1.16 bits per heavy atom. The highest BCUT2D eigenvalue weighted by molar-refractivity contribution is 5.96. The minimum Gasteiger partial charge on any atom is -0.408 e. The molecule has 0 radical (unpaired) electrons. The first-order valence-corrected chi connectivity index (χ1v) is 7.80. The van der Waals surface area contributed by atoms with Crippen LogP contribution in [0.5, 0.6) is 0 Å². The molecule has 1 unspecified atom stereocenters. The lowest BCUT2D eigenvalue weighted by Crippen LogP contribution is -2.35. The number of oxazole rings is 1. The molecule has 7 nitrogen and oxygen atoms in total. The summed E-state index contributed by atoms with van der Waals surface area (Å²) in [6.45, 7) is 1.76. The molecule has 3 N–H and O–H groups in total. The van der Waals surface area contributed by atoms with E-state index in [4.69, 9.17) is 4.42 Å². The van der Waals surface area contributed by atoms with Crippen LogP contribution in [0.4, 0.5) is 5.69 Å². The predicted molar refractivity (Wildman–Crippen MR) is 93.5 cm³/mol. The Morgan fingerprint density at radius 2 is 1.92 bits per heavy atom. The van der Waals surface area contributed by atoms with Gasteiger partial charge in [-0.15, -0.1) is 0 Å². The van der Waals surface area contributed by atoms with Crippen molar-refractivity contribution in [2.24, 2.45) is 0 Å². The molecule has 0 aliphatic rings. The van der Waals surface area contributed by atoms with Crippen molar-refractivity contribution < 1.29 is 14.0 Å². The van der Waals surface area contributed by atoms with Gasteiger partial charge in [0.1, 0.15) is 0 Å². The van der Waals surface area contributed by atoms with E-state index in [1.54, 1.807) is 49.4 Å². The van der Waals surface area contributed by atoms with Crippen LogP contribution in [0.3, 0.4) is 0 Å². The smallest absolute Gasteiger partial charge is 0.408 e. The molecular formula is C18H17N3O4. The third-order valence-corrected chi connectivity index (χ3v) is 3.61. The number of amides is 2. The molecule has 3 rings (SSSR count). The van der Waals surface area contributed by atoms with E-state index in [-0.39, 0.29) is 24.3 Å². The van der Waals surface area contributed by atoms with Gasteiger partial charge >= 0.3 is 5.76 Å². The molecule has 1 aromatic heterocycles. The minimum absolute atomic E-state index is 0.124. The van der Waals surface area contributed by atoms with Crippen molar-refractivity contribution in [1.29, 1.82) is 0 Å². The average molecular weight is 339 g/mol. The Kier molecular flexibility index (Phi) is 4.65. The number of hydrogen-bond donors (Lipinski definition) is 3. The van der Waals surface area contributed by atoms with Gasteiger partial charge in [0.25, 0.3) is 5.91 Å². The van der Waals surface area contributed by atoms with Gasteiger partial charge in [-0.3, -0.25) is 14.6 Å². The number of rotatable bonds is 5. The van der Waals surface area contributed by atoms with Gasteiger partial charge in [0, 0.05) is 23.7 Å². The molecule has 0 fully saturated rings. The van der Waals surface area contributed by atoms with Crippen LogP contribution < -0.4 is 16.4 Å². The number of fused-ring (bicyclic) bond motifs is 1. The van der Waals surface area contributed by atoms with E-state index in [2.05, 4.69) is 15.6 Å². The molecule has 2 aromatic carbocycles. The van der Waals surface area contributed by atoms with Crippen molar-refractivity contribution in [3.63, 3.8) is 0 Å². The SMILES string of the molecule is CC(CC(=O)Nc1ccc2oc(=O)[nH]c2c1)NC(=O)c1ccccc1. The normalized spacial score (nSPS) is 11.9. The quantitative estimate of drug-likeness (QED) is 0.663. The topological polar surface area (TPSA) is 104 Å². The molecule has 128 valence electrons. The van der Waals surface area contributed by atoms with Crippen LogP contribution in [0.15, 0.2) is 57.7 Å². The van der Waals surface area contributed by atoms with Crippen LogP contribution in [0, 0.1) is 0 Å². The summed E-state index contributed by atoms with van der Waals surface area (Å²) in [6, 6.07) is 13.3. The van der Waals surface area contributed by atoms with Crippen LogP contribution in [0.2, 0.25) is 0 Å². The third kappa shape index (κ3) is 4.14. The molecule has 0 bridgehead atoms. The van der Waals surface area contributed by atoms with E-state index >= 15 is 0 Å². The van der Waals surface area contributed by atoms with E-state index in [9.17, 15) is 14.4 Å². The van der Waals surface area contributed by atoms with Crippen molar-refractivity contribution in [2.45, 2.75) is 19.4 Å². The zero-order valence-electron chi connectivity index (χ0n) is 13.5. The summed E-state index contributed by atoms with van der Waals surface area (Å²) >= 11 is 0. The van der Waals surface area contributed by atoms with Crippen molar-refractivity contribution >= 4 is 28.6 Å². The number of nitrogens with one attached hydrogen (secondary N) is 3. The maximum atomic E-state index is 12.1. The van der Waals surface area contributed by atoms with Gasteiger partial charge < -0.3 is 15.1 Å². The monoisotopic (exact) mass is 339 g/mol. The van der Waals surface area contributed by atoms with Gasteiger partial charge in [-0.1, -0.05) is 18.2 Å². The highest BCUT2D eigenvalue weighted by atomic mass is 16.4. The molecule has 1 atom stereocenters. The minimum atomic E-state index is -0.546. The zero-order chi connectivity index (χ0) is 17.8. The fraction of sp³-hybridized carbons (Fsp3) is 0.167. The fourth-order valence-corrected chi connectivity index (χ4v) is 2.47. The number of anilines is 1. The second-order valence-corrected chi connectivity index (χ2v) is 5.72. The lowest BCUT2D eigenvalue weighted by Gasteiger charge is -2.14. The molecule has 7 heteroatoms. The van der Waals surface area contributed by atoms with Crippen molar-refractivity contribution in [1.82, 2.24) is 10.3 Å². The second-order valence-electron chi connectivity index (χ2n) is 5.72.